The number of halogens is 1. The van der Waals surface area contributed by atoms with Gasteiger partial charge in [-0.2, -0.15) is 0 Å². The van der Waals surface area contributed by atoms with Crippen molar-refractivity contribution in [1.29, 1.82) is 0 Å². The van der Waals surface area contributed by atoms with E-state index in [1.807, 2.05) is 0 Å². The summed E-state index contributed by atoms with van der Waals surface area (Å²) in [4.78, 5) is 16.2. The summed E-state index contributed by atoms with van der Waals surface area (Å²) in [6, 6.07) is 6.32. The minimum Gasteiger partial charge on any atom is -0.335 e. The molecule has 6 heteroatoms. The molecule has 0 radical (unpaired) electrons. The minimum atomic E-state index is -0.350. The second-order valence-corrected chi connectivity index (χ2v) is 4.22. The van der Waals surface area contributed by atoms with E-state index in [0.717, 1.165) is 0 Å². The maximum absolute atomic E-state index is 13.6. The van der Waals surface area contributed by atoms with Crippen LogP contribution in [0.2, 0.25) is 0 Å². The number of fused-ring (bicyclic) bond motifs is 1. The molecule has 1 aromatic carbocycles. The first-order valence-corrected chi connectivity index (χ1v) is 5.71. The van der Waals surface area contributed by atoms with Crippen LogP contribution in [-0.4, -0.2) is 14.7 Å². The van der Waals surface area contributed by atoms with Crippen LogP contribution in [0.15, 0.2) is 39.9 Å². The second-order valence-electron chi connectivity index (χ2n) is 4.22. The van der Waals surface area contributed by atoms with Gasteiger partial charge in [0.1, 0.15) is 17.5 Å². The zero-order chi connectivity index (χ0) is 13.4. The highest BCUT2D eigenvalue weighted by Crippen LogP contribution is 2.11. The van der Waals surface area contributed by atoms with Gasteiger partial charge in [-0.05, 0) is 13.0 Å². The van der Waals surface area contributed by atoms with Crippen LogP contribution in [0, 0.1) is 12.7 Å². The van der Waals surface area contributed by atoms with Crippen LogP contribution in [0.5, 0.6) is 0 Å². The van der Waals surface area contributed by atoms with E-state index >= 15 is 0 Å². The molecule has 3 aromatic rings. The van der Waals surface area contributed by atoms with Crippen molar-refractivity contribution < 1.29 is 8.91 Å². The Balaban J connectivity index is 2.12. The lowest BCUT2D eigenvalue weighted by Gasteiger charge is -2.05. The van der Waals surface area contributed by atoms with Crippen molar-refractivity contribution in [2.24, 2.45) is 0 Å². The lowest BCUT2D eigenvalue weighted by atomic mass is 10.2. The van der Waals surface area contributed by atoms with Crippen molar-refractivity contribution in [3.8, 4) is 0 Å². The number of nitrogens with zero attached hydrogens (tertiary/aromatic N) is 3. The monoisotopic (exact) mass is 259 g/mol. The Bertz CT molecular complexity index is 807. The molecule has 0 atom stereocenters. The molecular formula is C13H10FN3O2. The number of benzene rings is 1. The maximum atomic E-state index is 13.6. The van der Waals surface area contributed by atoms with Crippen LogP contribution in [0.3, 0.4) is 0 Å². The van der Waals surface area contributed by atoms with Crippen LogP contribution in [0.1, 0.15) is 11.3 Å². The molecule has 0 saturated heterocycles. The molecule has 0 saturated carbocycles. The van der Waals surface area contributed by atoms with Crippen molar-refractivity contribution in [3.63, 3.8) is 0 Å². The lowest BCUT2D eigenvalue weighted by Crippen LogP contribution is -2.21. The van der Waals surface area contributed by atoms with Gasteiger partial charge in [-0.1, -0.05) is 23.4 Å². The van der Waals surface area contributed by atoms with E-state index in [4.69, 9.17) is 4.52 Å². The SMILES string of the molecule is Cc1noc2ncn(Cc3ccccc3F)c(=O)c12. The molecule has 0 aliphatic rings. The Morgan fingerprint density at radius 2 is 2.16 bits per heavy atom. The van der Waals surface area contributed by atoms with Crippen molar-refractivity contribution in [2.75, 3.05) is 0 Å². The molecule has 0 fully saturated rings. The minimum absolute atomic E-state index is 0.124. The molecule has 0 amide bonds. The summed E-state index contributed by atoms with van der Waals surface area (Å²) >= 11 is 0. The van der Waals surface area contributed by atoms with E-state index in [9.17, 15) is 9.18 Å². The Hall–Kier alpha value is -2.50. The largest absolute Gasteiger partial charge is 0.335 e. The summed E-state index contributed by atoms with van der Waals surface area (Å²) < 4.78 is 19.8. The Labute approximate surface area is 107 Å². The average Bonchev–Trinajstić information content (AvgIpc) is 2.78. The lowest BCUT2D eigenvalue weighted by molar-refractivity contribution is 0.442. The number of rotatable bonds is 2. The normalized spacial score (nSPS) is 11.1. The first kappa shape index (κ1) is 11.6. The Morgan fingerprint density at radius 1 is 1.37 bits per heavy atom. The van der Waals surface area contributed by atoms with Crippen molar-refractivity contribution >= 4 is 11.1 Å². The Morgan fingerprint density at radius 3 is 2.95 bits per heavy atom. The average molecular weight is 259 g/mol. The summed E-state index contributed by atoms with van der Waals surface area (Å²) in [7, 11) is 0. The predicted molar refractivity (Wildman–Crippen MR) is 66.3 cm³/mol. The van der Waals surface area contributed by atoms with Crippen molar-refractivity contribution in [1.82, 2.24) is 14.7 Å². The number of aromatic nitrogens is 3. The smallest absolute Gasteiger partial charge is 0.266 e. The highest BCUT2D eigenvalue weighted by atomic mass is 19.1. The molecule has 2 heterocycles. The molecule has 5 nitrogen and oxygen atoms in total. The fraction of sp³-hybridized carbons (Fsp3) is 0.154. The van der Waals surface area contributed by atoms with E-state index < -0.39 is 0 Å². The van der Waals surface area contributed by atoms with Gasteiger partial charge in [0, 0.05) is 5.56 Å². The van der Waals surface area contributed by atoms with E-state index in [2.05, 4.69) is 10.1 Å². The molecule has 0 N–H and O–H groups in total. The number of hydrogen-bond acceptors (Lipinski definition) is 4. The molecular weight excluding hydrogens is 249 g/mol. The number of aryl methyl sites for hydroxylation is 1. The highest BCUT2D eigenvalue weighted by Gasteiger charge is 2.12. The predicted octanol–water partition coefficient (Wildman–Crippen LogP) is 1.88. The molecule has 0 bridgehead atoms. The van der Waals surface area contributed by atoms with Gasteiger partial charge >= 0.3 is 0 Å². The third-order valence-corrected chi connectivity index (χ3v) is 2.93. The zero-order valence-corrected chi connectivity index (χ0v) is 10.1. The highest BCUT2D eigenvalue weighted by molar-refractivity contribution is 5.73. The quantitative estimate of drug-likeness (QED) is 0.705. The molecule has 3 rings (SSSR count). The summed E-state index contributed by atoms with van der Waals surface area (Å²) in [6.07, 6.45) is 1.34. The van der Waals surface area contributed by atoms with E-state index in [0.29, 0.717) is 16.6 Å². The second kappa shape index (κ2) is 4.31. The van der Waals surface area contributed by atoms with Crippen LogP contribution in [-0.2, 0) is 6.54 Å². The summed E-state index contributed by atoms with van der Waals surface area (Å²) in [5.74, 6) is -0.350. The van der Waals surface area contributed by atoms with E-state index in [-0.39, 0.29) is 23.6 Å². The van der Waals surface area contributed by atoms with Crippen LogP contribution < -0.4 is 5.56 Å². The third kappa shape index (κ3) is 1.91. The standard InChI is InChI=1S/C13H10FN3O2/c1-8-11-12(19-16-8)15-7-17(13(11)18)6-9-4-2-3-5-10(9)14/h2-5,7H,6H2,1H3. The van der Waals surface area contributed by atoms with E-state index in [1.165, 1.54) is 17.0 Å². The van der Waals surface area contributed by atoms with Crippen LogP contribution >= 0.6 is 0 Å². The van der Waals surface area contributed by atoms with Gasteiger partial charge in [-0.3, -0.25) is 9.36 Å². The third-order valence-electron chi connectivity index (χ3n) is 2.93. The fourth-order valence-electron chi connectivity index (χ4n) is 1.93. The van der Waals surface area contributed by atoms with Crippen molar-refractivity contribution in [3.05, 3.63) is 58.0 Å². The van der Waals surface area contributed by atoms with Crippen LogP contribution in [0.4, 0.5) is 4.39 Å². The van der Waals surface area contributed by atoms with E-state index in [1.54, 1.807) is 25.1 Å². The first-order chi connectivity index (χ1) is 9.16. The van der Waals surface area contributed by atoms with Gasteiger partial charge in [0.2, 0.25) is 0 Å². The molecule has 0 aliphatic carbocycles. The van der Waals surface area contributed by atoms with Crippen LogP contribution in [0.25, 0.3) is 11.1 Å². The molecule has 0 spiro atoms. The van der Waals surface area contributed by atoms with Gasteiger partial charge in [-0.25, -0.2) is 9.37 Å². The van der Waals surface area contributed by atoms with Gasteiger partial charge in [0.25, 0.3) is 11.3 Å². The number of hydrogen-bond donors (Lipinski definition) is 0. The van der Waals surface area contributed by atoms with Crippen molar-refractivity contribution in [2.45, 2.75) is 13.5 Å². The molecule has 19 heavy (non-hydrogen) atoms. The molecule has 0 unspecified atom stereocenters. The van der Waals surface area contributed by atoms with Gasteiger partial charge < -0.3 is 4.52 Å². The summed E-state index contributed by atoms with van der Waals surface area (Å²) in [6.45, 7) is 1.79. The van der Waals surface area contributed by atoms with Gasteiger partial charge in [0.05, 0.1) is 12.2 Å². The topological polar surface area (TPSA) is 60.9 Å². The molecule has 96 valence electrons. The fourth-order valence-corrected chi connectivity index (χ4v) is 1.93. The molecule has 2 aromatic heterocycles. The summed E-state index contributed by atoms with van der Waals surface area (Å²) in [5.41, 5.74) is 0.828. The first-order valence-electron chi connectivity index (χ1n) is 5.71. The molecule has 0 aliphatic heterocycles. The van der Waals surface area contributed by atoms with Gasteiger partial charge in [0.15, 0.2) is 0 Å². The Kier molecular flexibility index (Phi) is 2.63. The zero-order valence-electron chi connectivity index (χ0n) is 10.1. The maximum Gasteiger partial charge on any atom is 0.266 e. The van der Waals surface area contributed by atoms with Gasteiger partial charge in [-0.15, -0.1) is 0 Å². The summed E-state index contributed by atoms with van der Waals surface area (Å²) in [5, 5.41) is 4.03.